The first kappa shape index (κ1) is 20.2. The van der Waals surface area contributed by atoms with Crippen LogP contribution < -0.4 is 0 Å². The number of aliphatic hydroxyl groups is 1. The minimum atomic E-state index is -1.27. The van der Waals surface area contributed by atoms with Crippen LogP contribution >= 0.6 is 0 Å². The van der Waals surface area contributed by atoms with E-state index in [0.29, 0.717) is 18.4 Å². The van der Waals surface area contributed by atoms with Crippen molar-refractivity contribution in [3.05, 3.63) is 23.8 Å². The van der Waals surface area contributed by atoms with Crippen LogP contribution in [0.3, 0.4) is 0 Å². The van der Waals surface area contributed by atoms with E-state index in [-0.39, 0.29) is 35.9 Å². The molecule has 1 N–H and O–H groups in total. The zero-order chi connectivity index (χ0) is 22.2. The number of alkyl halides is 1. The highest BCUT2D eigenvalue weighted by Gasteiger charge is 2.85. The molecule has 0 aromatic rings. The molecule has 6 rings (SSSR count). The van der Waals surface area contributed by atoms with Gasteiger partial charge in [-0.15, -0.1) is 0 Å². The van der Waals surface area contributed by atoms with Crippen LogP contribution in [0.15, 0.2) is 23.8 Å². The van der Waals surface area contributed by atoms with E-state index in [1.54, 1.807) is 13.8 Å². The number of fused-ring (bicyclic) bond motifs is 5. The van der Waals surface area contributed by atoms with Gasteiger partial charge in [-0.05, 0) is 69.6 Å². The van der Waals surface area contributed by atoms with Crippen LogP contribution in [0, 0.1) is 22.7 Å². The van der Waals surface area contributed by atoms with Gasteiger partial charge >= 0.3 is 0 Å². The Balaban J connectivity index is 1.48. The molecule has 0 aromatic carbocycles. The minimum absolute atomic E-state index is 0.0643. The summed E-state index contributed by atoms with van der Waals surface area (Å²) in [6.45, 7) is 6.96. The first-order valence-electron chi connectivity index (χ1n) is 11.2. The lowest BCUT2D eigenvalue weighted by atomic mass is 9.46. The van der Waals surface area contributed by atoms with Gasteiger partial charge < -0.3 is 19.3 Å². The summed E-state index contributed by atoms with van der Waals surface area (Å²) in [5, 5.41) is 9.86. The zero-order valence-electron chi connectivity index (χ0n) is 18.3. The summed E-state index contributed by atoms with van der Waals surface area (Å²) in [5.74, 6) is -1.70. The number of halogens is 1. The van der Waals surface area contributed by atoms with Crippen molar-refractivity contribution in [2.24, 2.45) is 22.7 Å². The molecular formula is C24H29FO6. The summed E-state index contributed by atoms with van der Waals surface area (Å²) in [4.78, 5) is 25.2. The summed E-state index contributed by atoms with van der Waals surface area (Å²) < 4.78 is 34.5. The third-order valence-corrected chi connectivity index (χ3v) is 9.47. The molecule has 0 aromatic heterocycles. The molecule has 6 aliphatic rings. The van der Waals surface area contributed by atoms with Gasteiger partial charge in [0, 0.05) is 10.8 Å². The van der Waals surface area contributed by atoms with Crippen molar-refractivity contribution >= 4 is 11.6 Å². The first-order valence-corrected chi connectivity index (χ1v) is 11.2. The fourth-order valence-corrected chi connectivity index (χ4v) is 8.36. The zero-order valence-corrected chi connectivity index (χ0v) is 18.3. The fourth-order valence-electron chi connectivity index (χ4n) is 8.36. The Morgan fingerprint density at radius 3 is 2.61 bits per heavy atom. The maximum absolute atomic E-state index is 15.5. The van der Waals surface area contributed by atoms with Crippen molar-refractivity contribution in [1.29, 1.82) is 0 Å². The maximum atomic E-state index is 15.5. The van der Waals surface area contributed by atoms with E-state index >= 15 is 4.39 Å². The highest BCUT2D eigenvalue weighted by molar-refractivity contribution is 6.01. The van der Waals surface area contributed by atoms with Crippen LogP contribution in [0.5, 0.6) is 0 Å². The van der Waals surface area contributed by atoms with Crippen LogP contribution in [0.4, 0.5) is 4.39 Å². The standard InChI is InChI=1S/C24H29FO6/c1-20(2)29-18-9-13-14-8-16(25)15-7-12(27)5-6-21(15,3)23(14)19(30-23)10-22(13,4)24(18,31-20)17(28)11-26/h5-7,13-14,16,18-19,26H,8-11H2,1-4H3/t13-,14?,16-,18?,19?,21-,22-,23?,24+/m0/s1. The van der Waals surface area contributed by atoms with Crippen LogP contribution in [0.2, 0.25) is 0 Å². The second kappa shape index (κ2) is 5.56. The van der Waals surface area contributed by atoms with Gasteiger partial charge in [0.05, 0.1) is 12.2 Å². The number of aliphatic hydroxyl groups excluding tert-OH is 1. The summed E-state index contributed by atoms with van der Waals surface area (Å²) in [5.41, 5.74) is -2.68. The van der Waals surface area contributed by atoms with E-state index in [9.17, 15) is 14.7 Å². The van der Waals surface area contributed by atoms with E-state index in [0.717, 1.165) is 0 Å². The average molecular weight is 432 g/mol. The van der Waals surface area contributed by atoms with E-state index in [1.807, 2.05) is 19.9 Å². The molecule has 4 unspecified atom stereocenters. The number of Topliss-reactive ketones (excluding diaryl/α,β-unsaturated/α-hetero) is 1. The highest BCUT2D eigenvalue weighted by Crippen LogP contribution is 2.77. The van der Waals surface area contributed by atoms with Crippen molar-refractivity contribution < 1.29 is 33.3 Å². The molecule has 4 aliphatic carbocycles. The normalized spacial score (nSPS) is 55.5. The van der Waals surface area contributed by atoms with Crippen molar-refractivity contribution in [2.75, 3.05) is 6.61 Å². The van der Waals surface area contributed by atoms with Gasteiger partial charge in [-0.25, -0.2) is 4.39 Å². The molecule has 9 atom stereocenters. The molecule has 2 aliphatic heterocycles. The van der Waals surface area contributed by atoms with Gasteiger partial charge in [0.2, 0.25) is 0 Å². The number of hydrogen-bond acceptors (Lipinski definition) is 6. The number of ether oxygens (including phenoxy) is 3. The summed E-state index contributed by atoms with van der Waals surface area (Å²) in [6, 6.07) is 0. The Hall–Kier alpha value is -1.41. The molecule has 2 heterocycles. The topological polar surface area (TPSA) is 85.4 Å². The fraction of sp³-hybridized carbons (Fsp3) is 0.750. The number of carbonyl (C=O) groups is 2. The first-order chi connectivity index (χ1) is 14.4. The van der Waals surface area contributed by atoms with Crippen molar-refractivity contribution in [1.82, 2.24) is 0 Å². The number of epoxide rings is 1. The van der Waals surface area contributed by atoms with Gasteiger partial charge in [-0.2, -0.15) is 0 Å². The van der Waals surface area contributed by atoms with E-state index < -0.39 is 46.7 Å². The predicted molar refractivity (Wildman–Crippen MR) is 107 cm³/mol. The molecule has 7 heteroatoms. The van der Waals surface area contributed by atoms with E-state index in [1.165, 1.54) is 12.2 Å². The molecule has 168 valence electrons. The lowest BCUT2D eigenvalue weighted by Crippen LogP contribution is -2.64. The smallest absolute Gasteiger partial charge is 0.193 e. The van der Waals surface area contributed by atoms with E-state index in [2.05, 4.69) is 0 Å². The van der Waals surface area contributed by atoms with E-state index in [4.69, 9.17) is 14.2 Å². The van der Waals surface area contributed by atoms with Gasteiger partial charge in [0.15, 0.2) is 23.0 Å². The Kier molecular flexibility index (Phi) is 3.62. The van der Waals surface area contributed by atoms with Crippen molar-refractivity contribution in [3.63, 3.8) is 0 Å². The SMILES string of the molecule is CC1(C)OC2C[C@H]3C4C[C@H](F)C5=CC(=O)C=C[C@]5(C)C45OC5C[C@]3(C)[C@]2(C(=O)CO)O1. The van der Waals surface area contributed by atoms with Crippen molar-refractivity contribution in [3.8, 4) is 0 Å². The maximum Gasteiger partial charge on any atom is 0.193 e. The Labute approximate surface area is 180 Å². The van der Waals surface area contributed by atoms with Gasteiger partial charge in [0.1, 0.15) is 18.4 Å². The van der Waals surface area contributed by atoms with Crippen molar-refractivity contribution in [2.45, 2.75) is 82.3 Å². The molecular weight excluding hydrogens is 403 g/mol. The highest BCUT2D eigenvalue weighted by atomic mass is 19.1. The molecule has 0 radical (unpaired) electrons. The minimum Gasteiger partial charge on any atom is -0.388 e. The predicted octanol–water partition coefficient (Wildman–Crippen LogP) is 2.44. The second-order valence-corrected chi connectivity index (χ2v) is 11.1. The molecule has 1 spiro atoms. The van der Waals surface area contributed by atoms with Crippen LogP contribution in [-0.2, 0) is 23.8 Å². The summed E-state index contributed by atoms with van der Waals surface area (Å²) in [7, 11) is 0. The third-order valence-electron chi connectivity index (χ3n) is 9.47. The monoisotopic (exact) mass is 432 g/mol. The lowest BCUT2D eigenvalue weighted by Gasteiger charge is -2.56. The number of ketones is 2. The third kappa shape index (κ3) is 2.04. The molecule has 6 nitrogen and oxygen atoms in total. The van der Waals surface area contributed by atoms with Crippen LogP contribution in [0.25, 0.3) is 0 Å². The number of carbonyl (C=O) groups excluding carboxylic acids is 2. The van der Waals surface area contributed by atoms with Crippen LogP contribution in [-0.4, -0.2) is 58.6 Å². The van der Waals surface area contributed by atoms with Gasteiger partial charge in [0.25, 0.3) is 0 Å². The Morgan fingerprint density at radius 2 is 1.90 bits per heavy atom. The number of hydrogen-bond donors (Lipinski definition) is 1. The van der Waals surface area contributed by atoms with Gasteiger partial charge in [-0.3, -0.25) is 9.59 Å². The largest absolute Gasteiger partial charge is 0.388 e. The quantitative estimate of drug-likeness (QED) is 0.675. The average Bonchev–Trinajstić information content (AvgIpc) is 3.28. The molecule has 0 bridgehead atoms. The summed E-state index contributed by atoms with van der Waals surface area (Å²) >= 11 is 0. The molecule has 0 amide bonds. The lowest BCUT2D eigenvalue weighted by molar-refractivity contribution is -0.212. The second-order valence-electron chi connectivity index (χ2n) is 11.1. The molecule has 2 saturated heterocycles. The number of allylic oxidation sites excluding steroid dienone is 2. The molecule has 31 heavy (non-hydrogen) atoms. The van der Waals surface area contributed by atoms with Crippen LogP contribution in [0.1, 0.15) is 47.0 Å². The molecule has 5 fully saturated rings. The number of rotatable bonds is 2. The molecule has 3 saturated carbocycles. The summed E-state index contributed by atoms with van der Waals surface area (Å²) in [6.07, 6.45) is 4.25. The van der Waals surface area contributed by atoms with Gasteiger partial charge in [-0.1, -0.05) is 13.0 Å². The Morgan fingerprint density at radius 1 is 1.16 bits per heavy atom. The Bertz CT molecular complexity index is 971.